The Morgan fingerprint density at radius 2 is 2.00 bits per heavy atom. The molecule has 2 heterocycles. The van der Waals surface area contributed by atoms with Crippen LogP contribution in [0.3, 0.4) is 0 Å². The maximum absolute atomic E-state index is 12.4. The van der Waals surface area contributed by atoms with Crippen LogP contribution < -0.4 is 10.6 Å². The molecule has 0 aliphatic carbocycles. The van der Waals surface area contributed by atoms with Gasteiger partial charge in [-0.2, -0.15) is 5.10 Å². The van der Waals surface area contributed by atoms with E-state index < -0.39 is 0 Å². The van der Waals surface area contributed by atoms with Crippen molar-refractivity contribution in [1.82, 2.24) is 25.3 Å². The topological polar surface area (TPSA) is 96.3 Å². The second-order valence-electron chi connectivity index (χ2n) is 6.45. The molecule has 1 saturated heterocycles. The van der Waals surface area contributed by atoms with E-state index in [1.807, 2.05) is 6.92 Å². The zero-order valence-electron chi connectivity index (χ0n) is 15.5. The number of rotatable bonds is 5. The number of carbonyl (C=O) groups is 3. The normalized spacial score (nSPS) is 14.0. The van der Waals surface area contributed by atoms with Gasteiger partial charge in [-0.1, -0.05) is 19.1 Å². The predicted octanol–water partition coefficient (Wildman–Crippen LogP) is 0.485. The molecule has 8 heteroatoms. The van der Waals surface area contributed by atoms with Crippen molar-refractivity contribution in [3.63, 3.8) is 0 Å². The molecule has 142 valence electrons. The van der Waals surface area contributed by atoms with Crippen molar-refractivity contribution in [3.05, 3.63) is 52.8 Å². The van der Waals surface area contributed by atoms with Gasteiger partial charge in [0.25, 0.3) is 11.8 Å². The molecule has 2 aromatic rings. The molecule has 1 fully saturated rings. The molecule has 0 atom stereocenters. The third kappa shape index (κ3) is 4.33. The van der Waals surface area contributed by atoms with Gasteiger partial charge < -0.3 is 15.5 Å². The Morgan fingerprint density at radius 3 is 2.63 bits per heavy atom. The molecule has 3 amide bonds. The largest absolute Gasteiger partial charge is 0.353 e. The SMILES string of the molecule is CCc1cc(C(=O)NCc2ccc(C(=O)N3CCNC(=O)C3)cc2)n(C)n1. The van der Waals surface area contributed by atoms with Gasteiger partial charge in [-0.05, 0) is 30.2 Å². The number of hydrogen-bond donors (Lipinski definition) is 2. The van der Waals surface area contributed by atoms with E-state index in [2.05, 4.69) is 15.7 Å². The van der Waals surface area contributed by atoms with Gasteiger partial charge >= 0.3 is 0 Å². The summed E-state index contributed by atoms with van der Waals surface area (Å²) >= 11 is 0. The smallest absolute Gasteiger partial charge is 0.269 e. The lowest BCUT2D eigenvalue weighted by molar-refractivity contribution is -0.123. The van der Waals surface area contributed by atoms with Crippen LogP contribution in [0.15, 0.2) is 30.3 Å². The number of aryl methyl sites for hydroxylation is 2. The second-order valence-corrected chi connectivity index (χ2v) is 6.45. The first-order valence-electron chi connectivity index (χ1n) is 8.94. The molecule has 0 spiro atoms. The Morgan fingerprint density at radius 1 is 1.26 bits per heavy atom. The van der Waals surface area contributed by atoms with E-state index in [1.165, 1.54) is 4.90 Å². The Labute approximate surface area is 157 Å². The molecule has 1 aliphatic heterocycles. The Balaban J connectivity index is 1.58. The molecule has 1 aromatic carbocycles. The van der Waals surface area contributed by atoms with Gasteiger partial charge in [0.15, 0.2) is 0 Å². The lowest BCUT2D eigenvalue weighted by Gasteiger charge is -2.26. The number of aromatic nitrogens is 2. The van der Waals surface area contributed by atoms with E-state index in [9.17, 15) is 14.4 Å². The highest BCUT2D eigenvalue weighted by Crippen LogP contribution is 2.10. The fourth-order valence-electron chi connectivity index (χ4n) is 2.94. The zero-order valence-corrected chi connectivity index (χ0v) is 15.5. The minimum atomic E-state index is -0.191. The number of amides is 3. The molecule has 0 radical (unpaired) electrons. The fraction of sp³-hybridized carbons (Fsp3) is 0.368. The van der Waals surface area contributed by atoms with Gasteiger partial charge in [0.05, 0.1) is 12.2 Å². The van der Waals surface area contributed by atoms with Crippen LogP contribution in [0.5, 0.6) is 0 Å². The summed E-state index contributed by atoms with van der Waals surface area (Å²) in [7, 11) is 1.75. The molecular formula is C19H23N5O3. The number of nitrogens with zero attached hydrogens (tertiary/aromatic N) is 3. The van der Waals surface area contributed by atoms with Crippen molar-refractivity contribution >= 4 is 17.7 Å². The molecule has 0 saturated carbocycles. The zero-order chi connectivity index (χ0) is 19.4. The molecule has 2 N–H and O–H groups in total. The molecule has 1 aliphatic rings. The van der Waals surface area contributed by atoms with Crippen molar-refractivity contribution in [2.75, 3.05) is 19.6 Å². The van der Waals surface area contributed by atoms with Crippen molar-refractivity contribution in [3.8, 4) is 0 Å². The quantitative estimate of drug-likeness (QED) is 0.801. The highest BCUT2D eigenvalue weighted by molar-refractivity contribution is 5.97. The summed E-state index contributed by atoms with van der Waals surface area (Å²) in [6, 6.07) is 8.83. The minimum absolute atomic E-state index is 0.0844. The van der Waals surface area contributed by atoms with E-state index in [4.69, 9.17) is 0 Å². The summed E-state index contributed by atoms with van der Waals surface area (Å²) in [5.74, 6) is -0.498. The van der Waals surface area contributed by atoms with E-state index in [0.717, 1.165) is 17.7 Å². The summed E-state index contributed by atoms with van der Waals surface area (Å²) in [5, 5.41) is 9.83. The highest BCUT2D eigenvalue weighted by atomic mass is 16.2. The standard InChI is InChI=1S/C19H23N5O3/c1-3-15-10-16(23(2)22-15)18(26)21-11-13-4-6-14(7-5-13)19(27)24-9-8-20-17(25)12-24/h4-7,10H,3,8-9,11-12H2,1-2H3,(H,20,25)(H,21,26). The van der Waals surface area contributed by atoms with Crippen LogP contribution in [0.1, 0.15) is 39.0 Å². The van der Waals surface area contributed by atoms with E-state index in [1.54, 1.807) is 42.1 Å². The molecule has 0 bridgehead atoms. The first kappa shape index (κ1) is 18.6. The summed E-state index contributed by atoms with van der Waals surface area (Å²) in [5.41, 5.74) is 2.80. The summed E-state index contributed by atoms with van der Waals surface area (Å²) < 4.78 is 1.57. The van der Waals surface area contributed by atoms with Gasteiger partial charge in [0.2, 0.25) is 5.91 Å². The fourth-order valence-corrected chi connectivity index (χ4v) is 2.94. The Bertz CT molecular complexity index is 857. The van der Waals surface area contributed by atoms with Crippen LogP contribution in [0.2, 0.25) is 0 Å². The van der Waals surface area contributed by atoms with E-state index >= 15 is 0 Å². The van der Waals surface area contributed by atoms with Gasteiger partial charge in [-0.3, -0.25) is 19.1 Å². The van der Waals surface area contributed by atoms with Crippen LogP contribution in [0.4, 0.5) is 0 Å². The maximum atomic E-state index is 12.4. The van der Waals surface area contributed by atoms with Crippen LogP contribution in [0.25, 0.3) is 0 Å². The van der Waals surface area contributed by atoms with Crippen molar-refractivity contribution in [2.24, 2.45) is 7.05 Å². The van der Waals surface area contributed by atoms with E-state index in [0.29, 0.717) is 30.9 Å². The van der Waals surface area contributed by atoms with Gasteiger partial charge in [0.1, 0.15) is 5.69 Å². The van der Waals surface area contributed by atoms with Crippen LogP contribution in [-0.4, -0.2) is 52.0 Å². The summed E-state index contributed by atoms with van der Waals surface area (Å²) in [6.45, 7) is 3.41. The predicted molar refractivity (Wildman–Crippen MR) is 99.1 cm³/mol. The van der Waals surface area contributed by atoms with E-state index in [-0.39, 0.29) is 24.3 Å². The molecule has 8 nitrogen and oxygen atoms in total. The third-order valence-electron chi connectivity index (χ3n) is 4.50. The monoisotopic (exact) mass is 369 g/mol. The molecule has 0 unspecified atom stereocenters. The van der Waals surface area contributed by atoms with Crippen LogP contribution >= 0.6 is 0 Å². The van der Waals surface area contributed by atoms with Crippen molar-refractivity contribution < 1.29 is 14.4 Å². The number of carbonyl (C=O) groups excluding carboxylic acids is 3. The number of benzene rings is 1. The van der Waals surface area contributed by atoms with Gasteiger partial charge in [0, 0.05) is 32.2 Å². The molecule has 1 aromatic heterocycles. The van der Waals surface area contributed by atoms with Crippen LogP contribution in [0, 0.1) is 0 Å². The molecule has 27 heavy (non-hydrogen) atoms. The number of nitrogens with one attached hydrogen (secondary N) is 2. The van der Waals surface area contributed by atoms with Gasteiger partial charge in [-0.25, -0.2) is 0 Å². The first-order chi connectivity index (χ1) is 13.0. The molecule has 3 rings (SSSR count). The van der Waals surface area contributed by atoms with Crippen LogP contribution in [-0.2, 0) is 24.8 Å². The average molecular weight is 369 g/mol. The lowest BCUT2D eigenvalue weighted by atomic mass is 10.1. The average Bonchev–Trinajstić information content (AvgIpc) is 3.07. The van der Waals surface area contributed by atoms with Gasteiger partial charge in [-0.15, -0.1) is 0 Å². The minimum Gasteiger partial charge on any atom is -0.353 e. The molecular weight excluding hydrogens is 346 g/mol. The maximum Gasteiger partial charge on any atom is 0.269 e. The lowest BCUT2D eigenvalue weighted by Crippen LogP contribution is -2.49. The first-order valence-corrected chi connectivity index (χ1v) is 8.94. The Hall–Kier alpha value is -3.16. The van der Waals surface area contributed by atoms with Crippen molar-refractivity contribution in [2.45, 2.75) is 19.9 Å². The highest BCUT2D eigenvalue weighted by Gasteiger charge is 2.22. The Kier molecular flexibility index (Phi) is 5.54. The second kappa shape index (κ2) is 8.03. The number of piperazine rings is 1. The number of hydrogen-bond acceptors (Lipinski definition) is 4. The third-order valence-corrected chi connectivity index (χ3v) is 4.50. The summed E-state index contributed by atoms with van der Waals surface area (Å²) in [6.07, 6.45) is 0.773. The van der Waals surface area contributed by atoms with Crippen molar-refractivity contribution in [1.29, 1.82) is 0 Å². The summed E-state index contributed by atoms with van der Waals surface area (Å²) in [4.78, 5) is 37.7.